The number of rotatable bonds is 4. The molecule has 4 nitrogen and oxygen atoms in total. The summed E-state index contributed by atoms with van der Waals surface area (Å²) >= 11 is -3.00. The quantitative estimate of drug-likeness (QED) is 0.630. The Morgan fingerprint density at radius 1 is 1.26 bits per heavy atom. The Kier molecular flexibility index (Phi) is 4.77. The summed E-state index contributed by atoms with van der Waals surface area (Å²) in [6, 6.07) is 6.39. The topological polar surface area (TPSA) is 63.6 Å². The van der Waals surface area contributed by atoms with Gasteiger partial charge in [0.15, 0.2) is 0 Å². The van der Waals surface area contributed by atoms with Crippen molar-refractivity contribution >= 4 is 30.8 Å². The monoisotopic (exact) mass is 394 g/mol. The van der Waals surface area contributed by atoms with Crippen molar-refractivity contribution < 1.29 is 14.4 Å². The number of halogens is 1. The molecule has 1 aromatic rings. The van der Waals surface area contributed by atoms with Crippen LogP contribution in [0, 0.1) is 6.92 Å². The second-order valence-electron chi connectivity index (χ2n) is 4.15. The molecule has 0 fully saturated rings. The first kappa shape index (κ1) is 14.7. The van der Waals surface area contributed by atoms with Crippen molar-refractivity contribution in [3.63, 3.8) is 0 Å². The second-order valence-corrected chi connectivity index (χ2v) is 9.79. The van der Waals surface area contributed by atoms with Gasteiger partial charge in [-0.1, -0.05) is 0 Å². The van der Waals surface area contributed by atoms with Crippen LogP contribution in [0.15, 0.2) is 53.5 Å². The summed E-state index contributed by atoms with van der Waals surface area (Å²) in [4.78, 5) is 0.0878. The molecule has 0 spiro atoms. The maximum absolute atomic E-state index is 12.0. The van der Waals surface area contributed by atoms with Gasteiger partial charge in [-0.25, -0.2) is 0 Å². The van der Waals surface area contributed by atoms with E-state index in [-0.39, 0.29) is 8.82 Å². The molecule has 1 aromatic carbocycles. The summed E-state index contributed by atoms with van der Waals surface area (Å²) < 4.78 is 38.8. The zero-order chi connectivity index (χ0) is 13.9. The summed E-state index contributed by atoms with van der Waals surface area (Å²) in [5.41, 5.74) is 0.971. The normalized spacial score (nSPS) is 19.5. The van der Waals surface area contributed by atoms with Crippen LogP contribution >= 0.6 is 20.6 Å². The number of aryl methyl sites for hydroxylation is 1. The molecule has 6 heteroatoms. The first-order valence-electron chi connectivity index (χ1n) is 5.72. The zero-order valence-corrected chi connectivity index (χ0v) is 13.3. The molecule has 0 saturated heterocycles. The molecule has 1 N–H and O–H groups in total. The van der Waals surface area contributed by atoms with Crippen LogP contribution in [-0.2, 0) is 12.6 Å². The van der Waals surface area contributed by atoms with Gasteiger partial charge in [-0.3, -0.25) is 0 Å². The number of hydrogen-bond acceptors (Lipinski definition) is 4. The summed E-state index contributed by atoms with van der Waals surface area (Å²) in [5, 5.41) is 0. The molecule has 19 heavy (non-hydrogen) atoms. The van der Waals surface area contributed by atoms with E-state index < -0.39 is 30.8 Å². The minimum absolute atomic E-state index is 0.0878. The van der Waals surface area contributed by atoms with Gasteiger partial charge in [0.2, 0.25) is 0 Å². The van der Waals surface area contributed by atoms with Crippen LogP contribution in [0.2, 0.25) is 0 Å². The molecule has 0 aliphatic heterocycles. The van der Waals surface area contributed by atoms with Crippen LogP contribution in [-0.4, -0.2) is 15.8 Å². The van der Waals surface area contributed by atoms with E-state index in [4.69, 9.17) is 2.51 Å². The Balaban J connectivity index is 2.10. The predicted octanol–water partition coefficient (Wildman–Crippen LogP) is 2.91. The molecule has 1 aliphatic carbocycles. The Labute approximate surface area is 121 Å². The zero-order valence-electron chi connectivity index (χ0n) is 10.4. The summed E-state index contributed by atoms with van der Waals surface area (Å²) in [5.74, 6) is 0. The molecule has 1 atom stereocenters. The molecule has 2 rings (SSSR count). The third-order valence-electron chi connectivity index (χ3n) is 2.63. The number of benzene rings is 1. The average Bonchev–Trinajstić information content (AvgIpc) is 2.40. The van der Waals surface area contributed by atoms with E-state index in [1.54, 1.807) is 24.3 Å². The molecule has 0 radical (unpaired) electrons. The fourth-order valence-corrected chi connectivity index (χ4v) is 6.57. The van der Waals surface area contributed by atoms with Crippen LogP contribution in [0.25, 0.3) is 0 Å². The predicted molar refractivity (Wildman–Crippen MR) is 82.4 cm³/mol. The standard InChI is InChI=1S/C13H15IO4S/c1-11-7-9-13(10-8-11)19(16,17)18-14(15)12-5-3-2-4-6-12/h2-5,7-10,12,15H,6H2,1H3. The Morgan fingerprint density at radius 2 is 1.95 bits per heavy atom. The first-order valence-corrected chi connectivity index (χ1v) is 10.2. The van der Waals surface area contributed by atoms with Crippen LogP contribution in [0.5, 0.6) is 0 Å². The van der Waals surface area contributed by atoms with Gasteiger partial charge in [-0.15, -0.1) is 0 Å². The summed E-state index contributed by atoms with van der Waals surface area (Å²) in [7, 11) is -3.86. The van der Waals surface area contributed by atoms with Crippen molar-refractivity contribution in [2.45, 2.75) is 22.2 Å². The van der Waals surface area contributed by atoms with Crippen LogP contribution in [0.4, 0.5) is 0 Å². The molecule has 0 saturated carbocycles. The third-order valence-corrected chi connectivity index (χ3v) is 8.59. The molecule has 1 aliphatic rings. The number of allylic oxidation sites excluding steroid dienone is 4. The van der Waals surface area contributed by atoms with Crippen molar-refractivity contribution in [3.05, 3.63) is 54.1 Å². The molecule has 104 valence electrons. The Morgan fingerprint density at radius 3 is 2.53 bits per heavy atom. The fourth-order valence-electron chi connectivity index (χ4n) is 1.56. The molecular weight excluding hydrogens is 379 g/mol. The molecule has 0 aromatic heterocycles. The van der Waals surface area contributed by atoms with Gasteiger partial charge >= 0.3 is 121 Å². The van der Waals surface area contributed by atoms with Gasteiger partial charge in [0.25, 0.3) is 0 Å². The van der Waals surface area contributed by atoms with E-state index in [0.717, 1.165) is 5.56 Å². The molecule has 0 heterocycles. The number of hydrogen-bond donors (Lipinski definition) is 1. The van der Waals surface area contributed by atoms with Crippen molar-refractivity contribution in [3.8, 4) is 0 Å². The van der Waals surface area contributed by atoms with E-state index >= 15 is 0 Å². The van der Waals surface area contributed by atoms with Gasteiger partial charge in [0.05, 0.1) is 0 Å². The molecular formula is C13H15IO4S. The van der Waals surface area contributed by atoms with E-state index in [1.165, 1.54) is 12.1 Å². The third kappa shape index (κ3) is 3.88. The van der Waals surface area contributed by atoms with Gasteiger partial charge < -0.3 is 0 Å². The van der Waals surface area contributed by atoms with Crippen molar-refractivity contribution in [2.75, 3.05) is 0 Å². The summed E-state index contributed by atoms with van der Waals surface area (Å²) in [6.45, 7) is 1.88. The maximum atomic E-state index is 12.0. The Bertz CT molecular complexity index is 590. The molecule has 1 unspecified atom stereocenters. The van der Waals surface area contributed by atoms with Crippen LogP contribution in [0.1, 0.15) is 12.0 Å². The number of alkyl halides is 1. The average molecular weight is 394 g/mol. The van der Waals surface area contributed by atoms with Crippen molar-refractivity contribution in [2.24, 2.45) is 0 Å². The van der Waals surface area contributed by atoms with Gasteiger partial charge in [-0.2, -0.15) is 0 Å². The Hall–Kier alpha value is -0.700. The first-order chi connectivity index (χ1) is 8.99. The van der Waals surface area contributed by atoms with Gasteiger partial charge in [-0.05, 0) is 0 Å². The SMILES string of the molecule is Cc1ccc(S(=O)(=O)OI(O)C2C=CC=CC2)cc1. The van der Waals surface area contributed by atoms with Crippen molar-refractivity contribution in [1.82, 2.24) is 0 Å². The van der Waals surface area contributed by atoms with Crippen molar-refractivity contribution in [1.29, 1.82) is 0 Å². The van der Waals surface area contributed by atoms with E-state index in [1.807, 2.05) is 19.1 Å². The van der Waals surface area contributed by atoms with E-state index in [9.17, 15) is 11.9 Å². The fraction of sp³-hybridized carbons (Fsp3) is 0.231. The molecule has 0 bridgehead atoms. The van der Waals surface area contributed by atoms with Crippen LogP contribution < -0.4 is 0 Å². The summed E-state index contributed by atoms with van der Waals surface area (Å²) in [6.07, 6.45) is 8.00. The minimum atomic E-state index is -3.86. The van der Waals surface area contributed by atoms with E-state index in [2.05, 4.69) is 0 Å². The molecule has 0 amide bonds. The second kappa shape index (κ2) is 6.17. The van der Waals surface area contributed by atoms with Gasteiger partial charge in [0.1, 0.15) is 0 Å². The van der Waals surface area contributed by atoms with E-state index in [0.29, 0.717) is 6.42 Å². The van der Waals surface area contributed by atoms with Crippen LogP contribution in [0.3, 0.4) is 0 Å². The van der Waals surface area contributed by atoms with Gasteiger partial charge in [0, 0.05) is 0 Å².